The molecule has 8 nitrogen and oxygen atoms in total. The van der Waals surface area contributed by atoms with Gasteiger partial charge in [-0.25, -0.2) is 0 Å². The molecular weight excluding hydrogens is 410 g/mol. The van der Waals surface area contributed by atoms with Crippen LogP contribution < -0.4 is 4.74 Å². The summed E-state index contributed by atoms with van der Waals surface area (Å²) in [6.45, 7) is 4.37. The number of methoxy groups -OCH3 is 2. The molecule has 2 aromatic rings. The van der Waals surface area contributed by atoms with Gasteiger partial charge < -0.3 is 19.1 Å². The number of pyridine rings is 1. The fraction of sp³-hybridized carbons (Fsp3) is 0.375. The Morgan fingerprint density at radius 1 is 0.906 bits per heavy atom. The number of imide groups is 1. The predicted octanol–water partition coefficient (Wildman–Crippen LogP) is 2.36. The second kappa shape index (κ2) is 11.4. The molecule has 0 radical (unpaired) electrons. The molecule has 0 spiro atoms. The predicted molar refractivity (Wildman–Crippen MR) is 120 cm³/mol. The van der Waals surface area contributed by atoms with Crippen LogP contribution in [0.25, 0.3) is 5.57 Å². The van der Waals surface area contributed by atoms with Gasteiger partial charge in [-0.15, -0.1) is 0 Å². The minimum atomic E-state index is -0.331. The van der Waals surface area contributed by atoms with E-state index < -0.39 is 0 Å². The summed E-state index contributed by atoms with van der Waals surface area (Å²) in [7, 11) is 3.21. The van der Waals surface area contributed by atoms with Gasteiger partial charge in [0.05, 0.1) is 31.9 Å². The van der Waals surface area contributed by atoms with Gasteiger partial charge in [0.1, 0.15) is 11.4 Å². The first-order valence-corrected chi connectivity index (χ1v) is 10.6. The normalized spacial score (nSPS) is 13.8. The van der Waals surface area contributed by atoms with Crippen LogP contribution in [-0.2, 0) is 25.6 Å². The number of benzene rings is 1. The van der Waals surface area contributed by atoms with E-state index in [0.717, 1.165) is 5.56 Å². The number of rotatable bonds is 12. The van der Waals surface area contributed by atoms with E-state index in [0.29, 0.717) is 55.5 Å². The molecule has 32 heavy (non-hydrogen) atoms. The van der Waals surface area contributed by atoms with Gasteiger partial charge in [0.15, 0.2) is 0 Å². The molecule has 0 saturated carbocycles. The van der Waals surface area contributed by atoms with Gasteiger partial charge in [-0.2, -0.15) is 0 Å². The average Bonchev–Trinajstić information content (AvgIpc) is 3.05. The summed E-state index contributed by atoms with van der Waals surface area (Å²) < 4.78 is 16.0. The molecule has 1 aromatic heterocycles. The lowest BCUT2D eigenvalue weighted by Crippen LogP contribution is -2.37. The molecule has 8 heteroatoms. The lowest BCUT2D eigenvalue weighted by atomic mass is 10.0. The highest BCUT2D eigenvalue weighted by Gasteiger charge is 2.41. The van der Waals surface area contributed by atoms with Crippen molar-refractivity contribution in [1.82, 2.24) is 14.8 Å². The molecule has 2 amide bonds. The van der Waals surface area contributed by atoms with Crippen LogP contribution in [0, 0.1) is 0 Å². The fourth-order valence-electron chi connectivity index (χ4n) is 3.55. The van der Waals surface area contributed by atoms with E-state index in [-0.39, 0.29) is 18.4 Å². The zero-order valence-corrected chi connectivity index (χ0v) is 18.7. The fourth-order valence-corrected chi connectivity index (χ4v) is 3.55. The molecule has 0 atom stereocenters. The number of amides is 2. The van der Waals surface area contributed by atoms with Gasteiger partial charge in [0.2, 0.25) is 0 Å². The molecule has 1 aliphatic heterocycles. The van der Waals surface area contributed by atoms with Crippen molar-refractivity contribution >= 4 is 17.4 Å². The highest BCUT2D eigenvalue weighted by Crippen LogP contribution is 2.33. The van der Waals surface area contributed by atoms with Gasteiger partial charge in [-0.3, -0.25) is 19.5 Å². The van der Waals surface area contributed by atoms with Crippen molar-refractivity contribution in [2.24, 2.45) is 0 Å². The Balaban J connectivity index is 2.02. The van der Waals surface area contributed by atoms with Crippen molar-refractivity contribution in [2.75, 3.05) is 47.1 Å². The Morgan fingerprint density at radius 2 is 1.53 bits per heavy atom. The largest absolute Gasteiger partial charge is 0.494 e. The highest BCUT2D eigenvalue weighted by molar-refractivity contribution is 6.35. The molecule has 0 saturated heterocycles. The van der Waals surface area contributed by atoms with Crippen molar-refractivity contribution in [3.05, 3.63) is 65.6 Å². The Labute approximate surface area is 188 Å². The summed E-state index contributed by atoms with van der Waals surface area (Å²) in [5.41, 5.74) is 2.23. The van der Waals surface area contributed by atoms with Crippen molar-refractivity contribution in [3.63, 3.8) is 0 Å². The number of carbonyl (C=O) groups is 2. The third-order valence-electron chi connectivity index (χ3n) is 5.13. The molecule has 0 N–H and O–H groups in total. The van der Waals surface area contributed by atoms with Crippen LogP contribution in [0.5, 0.6) is 5.75 Å². The van der Waals surface area contributed by atoms with E-state index in [1.54, 1.807) is 50.9 Å². The molecule has 1 aliphatic rings. The van der Waals surface area contributed by atoms with Gasteiger partial charge >= 0.3 is 0 Å². The van der Waals surface area contributed by atoms with Crippen LogP contribution >= 0.6 is 0 Å². The van der Waals surface area contributed by atoms with Gasteiger partial charge in [-0.1, -0.05) is 12.1 Å². The second-order valence-electron chi connectivity index (χ2n) is 7.21. The van der Waals surface area contributed by atoms with Crippen LogP contribution in [-0.4, -0.2) is 73.7 Å². The van der Waals surface area contributed by atoms with Crippen LogP contribution in [0.1, 0.15) is 18.1 Å². The standard InChI is InChI=1S/C24H29N3O5/c1-4-32-20-7-5-19(6-8-20)21-22(26(13-15-30-2)14-16-31-3)24(29)27(23(21)28)17-18-9-11-25-12-10-18/h5-12H,4,13-17H2,1-3H3. The molecule has 2 heterocycles. The molecule has 3 rings (SSSR count). The second-order valence-corrected chi connectivity index (χ2v) is 7.21. The molecule has 0 fully saturated rings. The third kappa shape index (κ3) is 5.33. The van der Waals surface area contributed by atoms with Crippen LogP contribution in [0.3, 0.4) is 0 Å². The van der Waals surface area contributed by atoms with Crippen molar-refractivity contribution < 1.29 is 23.8 Å². The number of carbonyl (C=O) groups excluding carboxylic acids is 2. The summed E-state index contributed by atoms with van der Waals surface area (Å²) in [5.74, 6) is 0.0492. The Bertz CT molecular complexity index is 936. The molecule has 0 aliphatic carbocycles. The number of ether oxygens (including phenoxy) is 3. The first-order valence-electron chi connectivity index (χ1n) is 10.6. The van der Waals surface area contributed by atoms with Crippen LogP contribution in [0.15, 0.2) is 54.5 Å². The maximum absolute atomic E-state index is 13.5. The summed E-state index contributed by atoms with van der Waals surface area (Å²) in [5, 5.41) is 0. The Kier molecular flexibility index (Phi) is 8.35. The smallest absolute Gasteiger partial charge is 0.278 e. The zero-order chi connectivity index (χ0) is 22.9. The number of hydrogen-bond donors (Lipinski definition) is 0. The minimum Gasteiger partial charge on any atom is -0.494 e. The Morgan fingerprint density at radius 3 is 2.09 bits per heavy atom. The molecule has 0 unspecified atom stereocenters. The minimum absolute atomic E-state index is 0.173. The summed E-state index contributed by atoms with van der Waals surface area (Å²) in [4.78, 5) is 34.2. The van der Waals surface area contributed by atoms with Gasteiger partial charge in [0.25, 0.3) is 11.8 Å². The SMILES string of the molecule is CCOc1ccc(C2=C(N(CCOC)CCOC)C(=O)N(Cc3ccncc3)C2=O)cc1. The van der Waals surface area contributed by atoms with Crippen LogP contribution in [0.4, 0.5) is 0 Å². The van der Waals surface area contributed by atoms with Gasteiger partial charge in [-0.05, 0) is 42.3 Å². The van der Waals surface area contributed by atoms with Crippen molar-refractivity contribution in [3.8, 4) is 5.75 Å². The third-order valence-corrected chi connectivity index (χ3v) is 5.13. The first-order chi connectivity index (χ1) is 15.6. The van der Waals surface area contributed by atoms with Gasteiger partial charge in [0, 0.05) is 39.7 Å². The zero-order valence-electron chi connectivity index (χ0n) is 18.7. The van der Waals surface area contributed by atoms with Crippen molar-refractivity contribution in [1.29, 1.82) is 0 Å². The molecule has 170 valence electrons. The first kappa shape index (κ1) is 23.4. The lowest BCUT2D eigenvalue weighted by Gasteiger charge is -2.25. The van der Waals surface area contributed by atoms with E-state index >= 15 is 0 Å². The molecular formula is C24H29N3O5. The average molecular weight is 440 g/mol. The maximum Gasteiger partial charge on any atom is 0.278 e. The van der Waals surface area contributed by atoms with Crippen LogP contribution in [0.2, 0.25) is 0 Å². The highest BCUT2D eigenvalue weighted by atomic mass is 16.5. The monoisotopic (exact) mass is 439 g/mol. The number of nitrogens with zero attached hydrogens (tertiary/aromatic N) is 3. The summed E-state index contributed by atoms with van der Waals surface area (Å²) >= 11 is 0. The van der Waals surface area contributed by atoms with Crippen molar-refractivity contribution in [2.45, 2.75) is 13.5 Å². The Hall–Kier alpha value is -3.23. The van der Waals surface area contributed by atoms with E-state index in [4.69, 9.17) is 14.2 Å². The summed E-state index contributed by atoms with van der Waals surface area (Å²) in [6.07, 6.45) is 3.29. The number of hydrogen-bond acceptors (Lipinski definition) is 7. The maximum atomic E-state index is 13.5. The van der Waals surface area contributed by atoms with E-state index in [2.05, 4.69) is 4.98 Å². The summed E-state index contributed by atoms with van der Waals surface area (Å²) in [6, 6.07) is 10.8. The topological polar surface area (TPSA) is 81.2 Å². The molecule has 1 aromatic carbocycles. The molecule has 0 bridgehead atoms. The quantitative estimate of drug-likeness (QED) is 0.470. The van der Waals surface area contributed by atoms with E-state index in [9.17, 15) is 9.59 Å². The van der Waals surface area contributed by atoms with E-state index in [1.807, 2.05) is 24.0 Å². The van der Waals surface area contributed by atoms with E-state index in [1.165, 1.54) is 4.90 Å². The lowest BCUT2D eigenvalue weighted by molar-refractivity contribution is -0.138. The number of aromatic nitrogens is 1.